The van der Waals surface area contributed by atoms with Crippen molar-refractivity contribution >= 4 is 5.97 Å². The Morgan fingerprint density at radius 1 is 1.00 bits per heavy atom. The van der Waals surface area contributed by atoms with E-state index in [1.165, 1.54) is 0 Å². The zero-order valence-electron chi connectivity index (χ0n) is 9.20. The first kappa shape index (κ1) is 16.2. The highest BCUT2D eigenvalue weighted by atomic mass is 19.4. The third-order valence-electron chi connectivity index (χ3n) is 2.10. The Labute approximate surface area is 105 Å². The van der Waals surface area contributed by atoms with Crippen LogP contribution < -0.4 is 0 Å². The van der Waals surface area contributed by atoms with Gasteiger partial charge >= 0.3 is 18.1 Å². The minimum atomic E-state index is -6.22. The van der Waals surface area contributed by atoms with E-state index in [0.29, 0.717) is 12.1 Å². The third-order valence-corrected chi connectivity index (χ3v) is 2.10. The van der Waals surface area contributed by atoms with E-state index in [-0.39, 0.29) is 0 Å². The number of benzene rings is 1. The van der Waals surface area contributed by atoms with Gasteiger partial charge in [-0.3, -0.25) is 0 Å². The first-order valence-corrected chi connectivity index (χ1v) is 4.72. The fourth-order valence-electron chi connectivity index (χ4n) is 1.05. The minimum absolute atomic E-state index is 0.361. The van der Waals surface area contributed by atoms with Crippen molar-refractivity contribution in [2.24, 2.45) is 0 Å². The molecule has 0 spiro atoms. The molecule has 1 aromatic carbocycles. The second-order valence-electron chi connectivity index (χ2n) is 3.47. The number of esters is 1. The number of halogens is 8. The van der Waals surface area contributed by atoms with E-state index in [1.807, 2.05) is 0 Å². The fourth-order valence-corrected chi connectivity index (χ4v) is 1.05. The summed E-state index contributed by atoms with van der Waals surface area (Å²) in [6.07, 6.45) is -6.22. The Hall–Kier alpha value is -1.87. The average molecular weight is 308 g/mol. The quantitative estimate of drug-likeness (QED) is 0.486. The minimum Gasteiger partial charge on any atom is -0.456 e. The van der Waals surface area contributed by atoms with Gasteiger partial charge in [0.25, 0.3) is 0 Å². The van der Waals surface area contributed by atoms with Gasteiger partial charge in [-0.05, 0) is 12.1 Å². The molecule has 0 saturated carbocycles. The normalized spacial score (nSPS) is 12.4. The summed E-state index contributed by atoms with van der Waals surface area (Å²) in [4.78, 5) is 10.6. The highest BCUT2D eigenvalue weighted by Gasteiger charge is 2.64. The molecule has 112 valence electrons. The highest BCUT2D eigenvalue weighted by molar-refractivity contribution is 5.78. The van der Waals surface area contributed by atoms with Crippen molar-refractivity contribution in [2.75, 3.05) is 0 Å². The summed E-state index contributed by atoms with van der Waals surface area (Å²) in [5.74, 6) is -13.8. The molecule has 0 atom stereocenters. The van der Waals surface area contributed by atoms with Gasteiger partial charge in [-0.1, -0.05) is 0 Å². The standard InChI is InChI=1S/C10H4F8O2/c11-5-1-2-6(12)7(13)4(5)3-20-8(19)9(14,15)10(16,17)18/h1-2H,3H2. The van der Waals surface area contributed by atoms with Crippen molar-refractivity contribution in [2.45, 2.75) is 18.7 Å². The lowest BCUT2D eigenvalue weighted by Crippen LogP contribution is -2.45. The molecule has 0 bridgehead atoms. The van der Waals surface area contributed by atoms with Crippen molar-refractivity contribution < 1.29 is 44.7 Å². The van der Waals surface area contributed by atoms with Crippen LogP contribution in [-0.4, -0.2) is 18.1 Å². The van der Waals surface area contributed by atoms with Crippen molar-refractivity contribution in [3.05, 3.63) is 35.1 Å². The predicted octanol–water partition coefficient (Wildman–Crippen LogP) is 3.34. The second kappa shape index (κ2) is 5.25. The van der Waals surface area contributed by atoms with Crippen molar-refractivity contribution in [1.29, 1.82) is 0 Å². The molecule has 2 nitrogen and oxygen atoms in total. The highest BCUT2D eigenvalue weighted by Crippen LogP contribution is 2.36. The maximum atomic E-state index is 13.0. The summed E-state index contributed by atoms with van der Waals surface area (Å²) in [6.45, 7) is -1.61. The Morgan fingerprint density at radius 3 is 2.00 bits per heavy atom. The number of hydrogen-bond donors (Lipinski definition) is 0. The molecule has 1 rings (SSSR count). The van der Waals surface area contributed by atoms with Crippen LogP contribution in [0.15, 0.2) is 12.1 Å². The maximum absolute atomic E-state index is 13.0. The molecule has 1 aromatic rings. The summed E-state index contributed by atoms with van der Waals surface area (Å²) in [6, 6.07) is 0.754. The molecule has 0 aliphatic heterocycles. The zero-order valence-corrected chi connectivity index (χ0v) is 9.20. The molecule has 10 heteroatoms. The molecule has 0 amide bonds. The third kappa shape index (κ3) is 2.99. The first-order valence-electron chi connectivity index (χ1n) is 4.72. The molecule has 0 aliphatic rings. The summed E-state index contributed by atoms with van der Waals surface area (Å²) < 4.78 is 102. The first-order chi connectivity index (χ1) is 8.98. The van der Waals surface area contributed by atoms with Crippen molar-refractivity contribution in [3.8, 4) is 0 Å². The van der Waals surface area contributed by atoms with Crippen LogP contribution in [0.4, 0.5) is 35.1 Å². The predicted molar refractivity (Wildman–Crippen MR) is 47.1 cm³/mol. The topological polar surface area (TPSA) is 26.3 Å². The van der Waals surface area contributed by atoms with Gasteiger partial charge in [0.05, 0.1) is 5.56 Å². The van der Waals surface area contributed by atoms with E-state index in [1.54, 1.807) is 0 Å². The number of hydrogen-bond acceptors (Lipinski definition) is 2. The summed E-state index contributed by atoms with van der Waals surface area (Å²) >= 11 is 0. The van der Waals surface area contributed by atoms with Crippen LogP contribution in [0.3, 0.4) is 0 Å². The smallest absolute Gasteiger partial charge is 0.456 e. The number of ether oxygens (including phenoxy) is 1. The van der Waals surface area contributed by atoms with Gasteiger partial charge in [0.1, 0.15) is 12.4 Å². The Kier molecular flexibility index (Phi) is 4.25. The average Bonchev–Trinajstić information content (AvgIpc) is 2.32. The Balaban J connectivity index is 2.89. The van der Waals surface area contributed by atoms with E-state index in [9.17, 15) is 39.9 Å². The molecule has 0 heterocycles. The van der Waals surface area contributed by atoms with Crippen molar-refractivity contribution in [3.63, 3.8) is 0 Å². The molecule has 0 aliphatic carbocycles. The lowest BCUT2D eigenvalue weighted by atomic mass is 10.2. The van der Waals surface area contributed by atoms with Gasteiger partial charge in [-0.2, -0.15) is 22.0 Å². The van der Waals surface area contributed by atoms with Crippen LogP contribution in [0, 0.1) is 17.5 Å². The van der Waals surface area contributed by atoms with E-state index in [4.69, 9.17) is 0 Å². The van der Waals surface area contributed by atoms with Crippen LogP contribution in [0.5, 0.6) is 0 Å². The molecule has 0 radical (unpaired) electrons. The van der Waals surface area contributed by atoms with E-state index >= 15 is 0 Å². The van der Waals surface area contributed by atoms with Crippen LogP contribution >= 0.6 is 0 Å². The Morgan fingerprint density at radius 2 is 1.50 bits per heavy atom. The molecule has 20 heavy (non-hydrogen) atoms. The van der Waals surface area contributed by atoms with E-state index in [2.05, 4.69) is 4.74 Å². The lowest BCUT2D eigenvalue weighted by molar-refractivity contribution is -0.281. The van der Waals surface area contributed by atoms with Crippen LogP contribution in [0.1, 0.15) is 5.56 Å². The molecule has 0 fully saturated rings. The molecule has 0 unspecified atom stereocenters. The van der Waals surface area contributed by atoms with Crippen molar-refractivity contribution in [1.82, 2.24) is 0 Å². The number of rotatable bonds is 3. The van der Waals surface area contributed by atoms with E-state index < -0.39 is 47.7 Å². The number of carbonyl (C=O) groups excluding carboxylic acids is 1. The Bertz CT molecular complexity index is 523. The zero-order chi connectivity index (χ0) is 15.7. The fraction of sp³-hybridized carbons (Fsp3) is 0.300. The molecular formula is C10H4F8O2. The van der Waals surface area contributed by atoms with Gasteiger partial charge in [0, 0.05) is 0 Å². The van der Waals surface area contributed by atoms with E-state index in [0.717, 1.165) is 0 Å². The van der Waals surface area contributed by atoms with Gasteiger partial charge in [0.15, 0.2) is 11.6 Å². The summed E-state index contributed by atoms with van der Waals surface area (Å²) in [5.41, 5.74) is -1.28. The van der Waals surface area contributed by atoms with Gasteiger partial charge < -0.3 is 4.74 Å². The molecule has 0 aromatic heterocycles. The summed E-state index contributed by atoms with van der Waals surface area (Å²) in [5, 5.41) is 0. The van der Waals surface area contributed by atoms with Crippen LogP contribution in [-0.2, 0) is 16.1 Å². The van der Waals surface area contributed by atoms with Crippen LogP contribution in [0.2, 0.25) is 0 Å². The lowest BCUT2D eigenvalue weighted by Gasteiger charge is -2.18. The van der Waals surface area contributed by atoms with Gasteiger partial charge in [-0.15, -0.1) is 0 Å². The molecular weight excluding hydrogens is 304 g/mol. The largest absolute Gasteiger partial charge is 0.465 e. The van der Waals surface area contributed by atoms with Gasteiger partial charge in [0.2, 0.25) is 0 Å². The van der Waals surface area contributed by atoms with Gasteiger partial charge in [-0.25, -0.2) is 18.0 Å². The monoisotopic (exact) mass is 308 g/mol. The number of carbonyl (C=O) groups is 1. The molecule has 0 saturated heterocycles. The molecule has 0 N–H and O–H groups in total. The second-order valence-corrected chi connectivity index (χ2v) is 3.47. The maximum Gasteiger partial charge on any atom is 0.465 e. The SMILES string of the molecule is O=C(OCc1c(F)ccc(F)c1F)C(F)(F)C(F)(F)F. The van der Waals surface area contributed by atoms with Crippen LogP contribution in [0.25, 0.3) is 0 Å². The summed E-state index contributed by atoms with van der Waals surface area (Å²) in [7, 11) is 0. The number of alkyl halides is 5.